The van der Waals surface area contributed by atoms with Crippen LogP contribution in [0, 0.1) is 0 Å². The highest BCUT2D eigenvalue weighted by molar-refractivity contribution is 5.97. The molecule has 2 amide bonds. The van der Waals surface area contributed by atoms with Crippen LogP contribution in [0.3, 0.4) is 0 Å². The van der Waals surface area contributed by atoms with Gasteiger partial charge in [0.1, 0.15) is 0 Å². The van der Waals surface area contributed by atoms with Crippen molar-refractivity contribution in [1.29, 1.82) is 0 Å². The molecule has 1 aliphatic heterocycles. The first kappa shape index (κ1) is 14.9. The van der Waals surface area contributed by atoms with Crippen molar-refractivity contribution in [2.45, 2.75) is 44.6 Å². The van der Waals surface area contributed by atoms with Gasteiger partial charge in [-0.2, -0.15) is 0 Å². The molecule has 0 spiro atoms. The SMILES string of the molecule is CC(C)N1CCN(c2ccccc2C2(C(=O)O)CCC2)C1=O. The zero-order valence-corrected chi connectivity index (χ0v) is 13.1. The Hall–Kier alpha value is -2.04. The molecule has 2 fully saturated rings. The Morgan fingerprint density at radius 3 is 2.41 bits per heavy atom. The van der Waals surface area contributed by atoms with E-state index in [1.54, 1.807) is 4.90 Å². The van der Waals surface area contributed by atoms with Crippen LogP contribution < -0.4 is 4.90 Å². The van der Waals surface area contributed by atoms with Gasteiger partial charge in [0.2, 0.25) is 0 Å². The molecule has 3 rings (SSSR count). The van der Waals surface area contributed by atoms with E-state index in [-0.39, 0.29) is 12.1 Å². The molecule has 5 heteroatoms. The van der Waals surface area contributed by atoms with Crippen molar-refractivity contribution < 1.29 is 14.7 Å². The summed E-state index contributed by atoms with van der Waals surface area (Å²) in [5.74, 6) is -0.779. The first-order valence-corrected chi connectivity index (χ1v) is 7.88. The molecule has 1 saturated heterocycles. The molecule has 2 aliphatic rings. The van der Waals surface area contributed by atoms with E-state index in [2.05, 4.69) is 0 Å². The zero-order chi connectivity index (χ0) is 15.9. The van der Waals surface area contributed by atoms with Gasteiger partial charge in [-0.1, -0.05) is 24.6 Å². The van der Waals surface area contributed by atoms with E-state index in [1.165, 1.54) is 0 Å². The third-order valence-electron chi connectivity index (χ3n) is 4.99. The summed E-state index contributed by atoms with van der Waals surface area (Å²) < 4.78 is 0. The lowest BCUT2D eigenvalue weighted by Gasteiger charge is -2.40. The monoisotopic (exact) mass is 302 g/mol. The van der Waals surface area contributed by atoms with Crippen LogP contribution in [0.15, 0.2) is 24.3 Å². The number of benzene rings is 1. The van der Waals surface area contributed by atoms with E-state index >= 15 is 0 Å². The molecule has 1 N–H and O–H groups in total. The zero-order valence-electron chi connectivity index (χ0n) is 13.1. The average molecular weight is 302 g/mol. The second-order valence-electron chi connectivity index (χ2n) is 6.48. The number of nitrogens with zero attached hydrogens (tertiary/aromatic N) is 2. The van der Waals surface area contributed by atoms with E-state index in [0.717, 1.165) is 17.7 Å². The van der Waals surface area contributed by atoms with Gasteiger partial charge in [-0.25, -0.2) is 4.79 Å². The summed E-state index contributed by atoms with van der Waals surface area (Å²) in [4.78, 5) is 28.0. The fourth-order valence-electron chi connectivity index (χ4n) is 3.50. The van der Waals surface area contributed by atoms with Gasteiger partial charge in [0.05, 0.1) is 5.41 Å². The fraction of sp³-hybridized carbons (Fsp3) is 0.529. The number of rotatable bonds is 4. The van der Waals surface area contributed by atoms with Gasteiger partial charge in [-0.05, 0) is 38.3 Å². The molecular weight excluding hydrogens is 280 g/mol. The van der Waals surface area contributed by atoms with E-state index in [9.17, 15) is 14.7 Å². The number of para-hydroxylation sites is 1. The van der Waals surface area contributed by atoms with Crippen molar-refractivity contribution in [3.63, 3.8) is 0 Å². The maximum atomic E-state index is 12.6. The Kier molecular flexibility index (Phi) is 3.59. The number of hydrogen-bond acceptors (Lipinski definition) is 2. The molecule has 1 heterocycles. The van der Waals surface area contributed by atoms with Crippen LogP contribution in [0.4, 0.5) is 10.5 Å². The maximum absolute atomic E-state index is 12.6. The minimum absolute atomic E-state index is 0.0256. The Bertz CT molecular complexity index is 608. The van der Waals surface area contributed by atoms with Crippen LogP contribution in [0.1, 0.15) is 38.7 Å². The lowest BCUT2D eigenvalue weighted by Crippen LogP contribution is -2.44. The highest BCUT2D eigenvalue weighted by Gasteiger charge is 2.48. The largest absolute Gasteiger partial charge is 0.481 e. The summed E-state index contributed by atoms with van der Waals surface area (Å²) in [7, 11) is 0. The Balaban J connectivity index is 2.00. The predicted octanol–water partition coefficient (Wildman–Crippen LogP) is 2.84. The topological polar surface area (TPSA) is 60.9 Å². The normalized spacial score (nSPS) is 20.4. The van der Waals surface area contributed by atoms with Crippen LogP contribution in [-0.2, 0) is 10.2 Å². The number of amides is 2. The lowest BCUT2D eigenvalue weighted by atomic mass is 9.64. The second-order valence-corrected chi connectivity index (χ2v) is 6.48. The van der Waals surface area contributed by atoms with Gasteiger partial charge in [0.25, 0.3) is 0 Å². The van der Waals surface area contributed by atoms with Crippen molar-refractivity contribution in [2.75, 3.05) is 18.0 Å². The van der Waals surface area contributed by atoms with Crippen molar-refractivity contribution in [3.05, 3.63) is 29.8 Å². The van der Waals surface area contributed by atoms with E-state index in [4.69, 9.17) is 0 Å². The Morgan fingerprint density at radius 1 is 1.23 bits per heavy atom. The first-order valence-electron chi connectivity index (χ1n) is 7.88. The van der Waals surface area contributed by atoms with Crippen LogP contribution in [0.2, 0.25) is 0 Å². The van der Waals surface area contributed by atoms with Crippen molar-refractivity contribution >= 4 is 17.7 Å². The molecule has 1 saturated carbocycles. The number of urea groups is 1. The summed E-state index contributed by atoms with van der Waals surface area (Å²) in [6, 6.07) is 7.61. The highest BCUT2D eigenvalue weighted by atomic mass is 16.4. The molecule has 0 aromatic heterocycles. The summed E-state index contributed by atoms with van der Waals surface area (Å²) in [6.45, 7) is 5.30. The van der Waals surface area contributed by atoms with E-state index in [0.29, 0.717) is 25.9 Å². The molecule has 0 bridgehead atoms. The molecule has 1 aromatic rings. The molecular formula is C17H22N2O3. The smallest absolute Gasteiger partial charge is 0.324 e. The summed E-state index contributed by atoms with van der Waals surface area (Å²) >= 11 is 0. The standard InChI is InChI=1S/C17H22N2O3/c1-12(2)18-10-11-19(16(18)22)14-7-4-3-6-13(14)17(15(20)21)8-5-9-17/h3-4,6-7,12H,5,8-11H2,1-2H3,(H,20,21). The van der Waals surface area contributed by atoms with E-state index < -0.39 is 11.4 Å². The molecule has 5 nitrogen and oxygen atoms in total. The van der Waals surface area contributed by atoms with Crippen LogP contribution in [0.25, 0.3) is 0 Å². The molecule has 0 atom stereocenters. The Labute approximate surface area is 130 Å². The van der Waals surface area contributed by atoms with Gasteiger partial charge in [-0.3, -0.25) is 9.69 Å². The van der Waals surface area contributed by atoms with Crippen LogP contribution >= 0.6 is 0 Å². The number of carbonyl (C=O) groups excluding carboxylic acids is 1. The van der Waals surface area contributed by atoms with Crippen molar-refractivity contribution in [1.82, 2.24) is 4.90 Å². The van der Waals surface area contributed by atoms with Crippen molar-refractivity contribution in [2.24, 2.45) is 0 Å². The summed E-state index contributed by atoms with van der Waals surface area (Å²) in [5, 5.41) is 9.70. The van der Waals surface area contributed by atoms with Crippen molar-refractivity contribution in [3.8, 4) is 0 Å². The summed E-state index contributed by atoms with van der Waals surface area (Å²) in [5.41, 5.74) is 0.729. The number of carboxylic acid groups (broad SMARTS) is 1. The number of aliphatic carboxylic acids is 1. The third kappa shape index (κ3) is 2.07. The maximum Gasteiger partial charge on any atom is 0.324 e. The van der Waals surface area contributed by atoms with Gasteiger partial charge in [0, 0.05) is 24.8 Å². The molecule has 1 aromatic carbocycles. The molecule has 1 aliphatic carbocycles. The van der Waals surface area contributed by atoms with Gasteiger partial charge in [0.15, 0.2) is 0 Å². The lowest BCUT2D eigenvalue weighted by molar-refractivity contribution is -0.147. The molecule has 118 valence electrons. The predicted molar refractivity (Wildman–Crippen MR) is 84.2 cm³/mol. The van der Waals surface area contributed by atoms with Gasteiger partial charge >= 0.3 is 12.0 Å². The minimum Gasteiger partial charge on any atom is -0.481 e. The average Bonchev–Trinajstić information content (AvgIpc) is 2.79. The molecule has 22 heavy (non-hydrogen) atoms. The number of carboxylic acids is 1. The number of hydrogen-bond donors (Lipinski definition) is 1. The third-order valence-corrected chi connectivity index (χ3v) is 4.99. The molecule has 0 unspecified atom stereocenters. The van der Waals surface area contributed by atoms with Crippen LogP contribution in [-0.4, -0.2) is 41.1 Å². The number of carbonyl (C=O) groups is 2. The summed E-state index contributed by atoms with van der Waals surface area (Å²) in [6.07, 6.45) is 2.22. The minimum atomic E-state index is -0.817. The fourth-order valence-corrected chi connectivity index (χ4v) is 3.50. The Morgan fingerprint density at radius 2 is 1.91 bits per heavy atom. The van der Waals surface area contributed by atoms with Crippen LogP contribution in [0.5, 0.6) is 0 Å². The highest BCUT2D eigenvalue weighted by Crippen LogP contribution is 2.47. The second kappa shape index (κ2) is 5.30. The first-order chi connectivity index (χ1) is 10.5. The van der Waals surface area contributed by atoms with E-state index in [1.807, 2.05) is 43.0 Å². The molecule has 0 radical (unpaired) electrons. The number of anilines is 1. The van der Waals surface area contributed by atoms with Gasteiger partial charge in [-0.15, -0.1) is 0 Å². The quantitative estimate of drug-likeness (QED) is 0.930. The van der Waals surface area contributed by atoms with Gasteiger partial charge < -0.3 is 10.0 Å².